The summed E-state index contributed by atoms with van der Waals surface area (Å²) in [6.07, 6.45) is 3.04. The quantitative estimate of drug-likeness (QED) is 0.232. The summed E-state index contributed by atoms with van der Waals surface area (Å²) in [5, 5.41) is 11.7. The van der Waals surface area contributed by atoms with Crippen LogP contribution in [0, 0.1) is 3.57 Å². The number of hydrogen-bond donors (Lipinski definition) is 2. The number of carboxylic acid groups (broad SMARTS) is 1. The Kier molecular flexibility index (Phi) is 6.95. The third-order valence-electron chi connectivity index (χ3n) is 4.39. The number of benzene rings is 2. The van der Waals surface area contributed by atoms with Gasteiger partial charge in [-0.3, -0.25) is 9.69 Å². The second-order valence-electron chi connectivity index (χ2n) is 6.52. The number of ether oxygens (including phenoxy) is 2. The first-order valence-electron chi connectivity index (χ1n) is 9.12. The zero-order chi connectivity index (χ0) is 22.5. The Hall–Kier alpha value is -3.34. The summed E-state index contributed by atoms with van der Waals surface area (Å²) in [6, 6.07) is 9.46. The molecule has 0 aliphatic carbocycles. The topological polar surface area (TPSA) is 105 Å². The van der Waals surface area contributed by atoms with Gasteiger partial charge in [0.2, 0.25) is 0 Å². The molecule has 1 saturated heterocycles. The van der Waals surface area contributed by atoms with E-state index in [4.69, 9.17) is 14.6 Å². The van der Waals surface area contributed by atoms with Crippen LogP contribution in [0.1, 0.15) is 21.5 Å². The van der Waals surface area contributed by atoms with Crippen LogP contribution in [-0.2, 0) is 11.4 Å². The van der Waals surface area contributed by atoms with E-state index in [1.807, 2.05) is 0 Å². The SMILES string of the molecule is C=CCN1C(=O)N/C(=C\c2cc(I)c(OCc3cccc(C(=O)O)c3)c(OC)c2)C1=O. The lowest BCUT2D eigenvalue weighted by molar-refractivity contribution is -0.122. The van der Waals surface area contributed by atoms with Crippen LogP contribution in [0.3, 0.4) is 0 Å². The number of aromatic carboxylic acids is 1. The van der Waals surface area contributed by atoms with Gasteiger partial charge in [-0.25, -0.2) is 9.59 Å². The predicted molar refractivity (Wildman–Crippen MR) is 122 cm³/mol. The van der Waals surface area contributed by atoms with Crippen LogP contribution in [0.15, 0.2) is 54.8 Å². The van der Waals surface area contributed by atoms with Crippen molar-refractivity contribution in [3.8, 4) is 11.5 Å². The van der Waals surface area contributed by atoms with Gasteiger partial charge in [-0.1, -0.05) is 18.2 Å². The third kappa shape index (κ3) is 5.05. The van der Waals surface area contributed by atoms with E-state index in [1.165, 1.54) is 19.3 Å². The lowest BCUT2D eigenvalue weighted by Crippen LogP contribution is -2.30. The lowest BCUT2D eigenvalue weighted by Gasteiger charge is -2.14. The summed E-state index contributed by atoms with van der Waals surface area (Å²) >= 11 is 2.08. The van der Waals surface area contributed by atoms with E-state index >= 15 is 0 Å². The number of urea groups is 1. The summed E-state index contributed by atoms with van der Waals surface area (Å²) in [6.45, 7) is 3.82. The molecule has 1 aliphatic rings. The molecule has 0 saturated carbocycles. The molecule has 2 aromatic carbocycles. The fraction of sp³-hybridized carbons (Fsp3) is 0.136. The fourth-order valence-corrected chi connectivity index (χ4v) is 3.73. The Morgan fingerprint density at radius 1 is 1.29 bits per heavy atom. The number of halogens is 1. The minimum absolute atomic E-state index is 0.124. The maximum absolute atomic E-state index is 12.4. The number of rotatable bonds is 8. The number of carbonyl (C=O) groups is 3. The van der Waals surface area contributed by atoms with Gasteiger partial charge in [-0.2, -0.15) is 0 Å². The molecule has 31 heavy (non-hydrogen) atoms. The predicted octanol–water partition coefficient (Wildman–Crippen LogP) is 3.66. The Bertz CT molecular complexity index is 1100. The van der Waals surface area contributed by atoms with Gasteiger partial charge >= 0.3 is 12.0 Å². The van der Waals surface area contributed by atoms with Crippen molar-refractivity contribution in [2.45, 2.75) is 6.61 Å². The van der Waals surface area contributed by atoms with E-state index in [0.29, 0.717) is 22.6 Å². The van der Waals surface area contributed by atoms with E-state index in [0.717, 1.165) is 8.47 Å². The van der Waals surface area contributed by atoms with Gasteiger partial charge in [0.1, 0.15) is 12.3 Å². The maximum atomic E-state index is 12.4. The van der Waals surface area contributed by atoms with Crippen molar-refractivity contribution >= 4 is 46.6 Å². The maximum Gasteiger partial charge on any atom is 0.335 e. The Morgan fingerprint density at radius 2 is 2.06 bits per heavy atom. The van der Waals surface area contributed by atoms with Crippen LogP contribution in [0.25, 0.3) is 6.08 Å². The average Bonchev–Trinajstić information content (AvgIpc) is 3.00. The van der Waals surface area contributed by atoms with Crippen molar-refractivity contribution in [1.29, 1.82) is 0 Å². The molecule has 3 amide bonds. The van der Waals surface area contributed by atoms with Crippen molar-refractivity contribution in [3.63, 3.8) is 0 Å². The van der Waals surface area contributed by atoms with Crippen LogP contribution in [0.5, 0.6) is 11.5 Å². The van der Waals surface area contributed by atoms with Crippen molar-refractivity contribution in [3.05, 3.63) is 75.0 Å². The summed E-state index contributed by atoms with van der Waals surface area (Å²) in [4.78, 5) is 36.5. The third-order valence-corrected chi connectivity index (χ3v) is 5.20. The number of carboxylic acids is 1. The Balaban J connectivity index is 1.83. The molecule has 2 N–H and O–H groups in total. The Morgan fingerprint density at radius 3 is 2.74 bits per heavy atom. The second-order valence-corrected chi connectivity index (χ2v) is 7.68. The van der Waals surface area contributed by atoms with E-state index < -0.39 is 17.9 Å². The summed E-state index contributed by atoms with van der Waals surface area (Å²) < 4.78 is 12.1. The second kappa shape index (κ2) is 9.65. The Labute approximate surface area is 192 Å². The summed E-state index contributed by atoms with van der Waals surface area (Å²) in [5.74, 6) is -0.516. The number of hydrogen-bond acceptors (Lipinski definition) is 5. The van der Waals surface area contributed by atoms with Gasteiger partial charge < -0.3 is 19.9 Å². The molecule has 9 heteroatoms. The molecule has 160 valence electrons. The van der Waals surface area contributed by atoms with Crippen LogP contribution < -0.4 is 14.8 Å². The first kappa shape index (κ1) is 22.3. The molecule has 0 atom stereocenters. The van der Waals surface area contributed by atoms with Gasteiger partial charge in [0, 0.05) is 6.54 Å². The van der Waals surface area contributed by atoms with E-state index in [9.17, 15) is 14.4 Å². The normalized spacial score (nSPS) is 14.5. The van der Waals surface area contributed by atoms with Gasteiger partial charge in [0.15, 0.2) is 11.5 Å². The standard InChI is InChI=1S/C22H19IN2O6/c1-3-7-25-20(26)17(24-22(25)29)10-14-9-16(23)19(18(11-14)30-2)31-12-13-5-4-6-15(8-13)21(27)28/h3-6,8-11H,1,7,12H2,2H3,(H,24,29)(H,27,28)/b17-10-. The van der Waals surface area contributed by atoms with Gasteiger partial charge in [-0.15, -0.1) is 6.58 Å². The van der Waals surface area contributed by atoms with Gasteiger partial charge in [0.05, 0.1) is 16.2 Å². The first-order valence-corrected chi connectivity index (χ1v) is 10.2. The highest BCUT2D eigenvalue weighted by Crippen LogP contribution is 2.35. The number of carbonyl (C=O) groups excluding carboxylic acids is 2. The van der Waals surface area contributed by atoms with Crippen LogP contribution in [-0.4, -0.2) is 41.6 Å². The number of methoxy groups -OCH3 is 1. The molecule has 1 aliphatic heterocycles. The molecule has 8 nitrogen and oxygen atoms in total. The van der Waals surface area contributed by atoms with Crippen LogP contribution >= 0.6 is 22.6 Å². The summed E-state index contributed by atoms with van der Waals surface area (Å²) in [7, 11) is 1.49. The number of nitrogens with zero attached hydrogens (tertiary/aromatic N) is 1. The molecular formula is C22H19IN2O6. The smallest absolute Gasteiger partial charge is 0.335 e. The highest BCUT2D eigenvalue weighted by molar-refractivity contribution is 14.1. The van der Waals surface area contributed by atoms with Crippen molar-refractivity contribution in [1.82, 2.24) is 10.2 Å². The van der Waals surface area contributed by atoms with Crippen molar-refractivity contribution in [2.75, 3.05) is 13.7 Å². The summed E-state index contributed by atoms with van der Waals surface area (Å²) in [5.41, 5.74) is 1.68. The molecule has 0 bridgehead atoms. The van der Waals surface area contributed by atoms with Gasteiger partial charge in [0.25, 0.3) is 5.91 Å². The number of imide groups is 1. The zero-order valence-electron chi connectivity index (χ0n) is 16.6. The van der Waals surface area contributed by atoms with Crippen molar-refractivity contribution in [2.24, 2.45) is 0 Å². The molecule has 3 rings (SSSR count). The molecule has 0 spiro atoms. The first-order chi connectivity index (χ1) is 14.8. The minimum Gasteiger partial charge on any atom is -0.493 e. The van der Waals surface area contributed by atoms with Gasteiger partial charge in [-0.05, 0) is 64.1 Å². The van der Waals surface area contributed by atoms with Crippen LogP contribution in [0.4, 0.5) is 4.79 Å². The molecule has 0 unspecified atom stereocenters. The molecule has 1 heterocycles. The highest BCUT2D eigenvalue weighted by Gasteiger charge is 2.32. The lowest BCUT2D eigenvalue weighted by atomic mass is 10.1. The fourth-order valence-electron chi connectivity index (χ4n) is 2.95. The zero-order valence-corrected chi connectivity index (χ0v) is 18.7. The minimum atomic E-state index is -1.01. The molecule has 1 fully saturated rings. The van der Waals surface area contributed by atoms with E-state index in [2.05, 4.69) is 34.5 Å². The average molecular weight is 534 g/mol. The molecule has 0 radical (unpaired) electrons. The molecular weight excluding hydrogens is 515 g/mol. The largest absolute Gasteiger partial charge is 0.493 e. The highest BCUT2D eigenvalue weighted by atomic mass is 127. The van der Waals surface area contributed by atoms with E-state index in [-0.39, 0.29) is 24.4 Å². The van der Waals surface area contributed by atoms with Crippen molar-refractivity contribution < 1.29 is 29.0 Å². The number of nitrogens with one attached hydrogen (secondary N) is 1. The number of amides is 3. The van der Waals surface area contributed by atoms with E-state index in [1.54, 1.807) is 36.4 Å². The molecule has 2 aromatic rings. The van der Waals surface area contributed by atoms with Crippen LogP contribution in [0.2, 0.25) is 0 Å². The molecule has 0 aromatic heterocycles. The monoisotopic (exact) mass is 534 g/mol.